The van der Waals surface area contributed by atoms with Crippen molar-refractivity contribution in [1.82, 2.24) is 9.97 Å². The van der Waals surface area contributed by atoms with E-state index in [1.54, 1.807) is 12.3 Å². The average Bonchev–Trinajstić information content (AvgIpc) is 2.32. The summed E-state index contributed by atoms with van der Waals surface area (Å²) in [5.74, 6) is 0.530. The van der Waals surface area contributed by atoms with Gasteiger partial charge in [-0.2, -0.15) is 0 Å². The minimum Gasteiger partial charge on any atom is -0.494 e. The van der Waals surface area contributed by atoms with Crippen LogP contribution in [-0.4, -0.2) is 17.1 Å². The summed E-state index contributed by atoms with van der Waals surface area (Å²) in [5, 5.41) is 0. The Morgan fingerprint density at radius 1 is 1.35 bits per heavy atom. The molecule has 1 aromatic heterocycles. The van der Waals surface area contributed by atoms with Crippen molar-refractivity contribution in [3.8, 4) is 17.1 Å². The Labute approximate surface area is 98.3 Å². The van der Waals surface area contributed by atoms with E-state index in [0.29, 0.717) is 17.2 Å². The highest BCUT2D eigenvalue weighted by Crippen LogP contribution is 2.23. The molecule has 1 aromatic carbocycles. The van der Waals surface area contributed by atoms with Gasteiger partial charge in [-0.15, -0.1) is 0 Å². The SMILES string of the molecule is COc1ccc(-c2ncc(C)c(N)n2)cc1F. The lowest BCUT2D eigenvalue weighted by molar-refractivity contribution is 0.386. The number of halogens is 1. The Morgan fingerprint density at radius 2 is 2.12 bits per heavy atom. The van der Waals surface area contributed by atoms with E-state index in [1.807, 2.05) is 6.92 Å². The zero-order valence-electron chi connectivity index (χ0n) is 9.57. The molecular weight excluding hydrogens is 221 g/mol. The lowest BCUT2D eigenvalue weighted by Crippen LogP contribution is -1.98. The molecule has 88 valence electrons. The molecule has 2 N–H and O–H groups in total. The molecule has 0 bridgehead atoms. The minimum atomic E-state index is -0.451. The lowest BCUT2D eigenvalue weighted by atomic mass is 10.2. The van der Waals surface area contributed by atoms with Gasteiger partial charge in [0.05, 0.1) is 7.11 Å². The number of aryl methyl sites for hydroxylation is 1. The van der Waals surface area contributed by atoms with Crippen LogP contribution in [0.5, 0.6) is 5.75 Å². The average molecular weight is 233 g/mol. The Kier molecular flexibility index (Phi) is 2.91. The van der Waals surface area contributed by atoms with Gasteiger partial charge in [0.15, 0.2) is 17.4 Å². The fourth-order valence-electron chi connectivity index (χ4n) is 1.40. The third kappa shape index (κ3) is 2.18. The molecule has 0 fully saturated rings. The van der Waals surface area contributed by atoms with Crippen LogP contribution in [0.1, 0.15) is 5.56 Å². The molecular formula is C12H12FN3O. The third-order valence-electron chi connectivity index (χ3n) is 2.42. The summed E-state index contributed by atoms with van der Waals surface area (Å²) in [7, 11) is 1.42. The molecule has 0 saturated heterocycles. The highest BCUT2D eigenvalue weighted by molar-refractivity contribution is 5.58. The molecule has 0 aliphatic rings. The van der Waals surface area contributed by atoms with Gasteiger partial charge in [0, 0.05) is 17.3 Å². The van der Waals surface area contributed by atoms with Crippen LogP contribution in [0.15, 0.2) is 24.4 Å². The highest BCUT2D eigenvalue weighted by Gasteiger charge is 2.08. The van der Waals surface area contributed by atoms with Crippen molar-refractivity contribution in [1.29, 1.82) is 0 Å². The van der Waals surface area contributed by atoms with Crippen molar-refractivity contribution < 1.29 is 9.13 Å². The predicted octanol–water partition coefficient (Wildman–Crippen LogP) is 2.18. The fourth-order valence-corrected chi connectivity index (χ4v) is 1.40. The van der Waals surface area contributed by atoms with Crippen LogP contribution < -0.4 is 10.5 Å². The van der Waals surface area contributed by atoms with Crippen molar-refractivity contribution in [2.24, 2.45) is 0 Å². The number of nitrogens with two attached hydrogens (primary N) is 1. The van der Waals surface area contributed by atoms with Crippen LogP contribution in [0.3, 0.4) is 0 Å². The molecule has 2 rings (SSSR count). The van der Waals surface area contributed by atoms with E-state index in [1.165, 1.54) is 19.2 Å². The summed E-state index contributed by atoms with van der Waals surface area (Å²) in [6, 6.07) is 4.54. The molecule has 0 amide bonds. The first-order valence-corrected chi connectivity index (χ1v) is 5.05. The second kappa shape index (κ2) is 4.37. The molecule has 1 heterocycles. The van der Waals surface area contributed by atoms with Gasteiger partial charge in [0.2, 0.25) is 0 Å². The van der Waals surface area contributed by atoms with Gasteiger partial charge in [0.1, 0.15) is 5.82 Å². The van der Waals surface area contributed by atoms with Crippen molar-refractivity contribution in [2.45, 2.75) is 6.92 Å². The molecule has 2 aromatic rings. The maximum absolute atomic E-state index is 13.5. The van der Waals surface area contributed by atoms with Gasteiger partial charge >= 0.3 is 0 Å². The van der Waals surface area contributed by atoms with E-state index < -0.39 is 5.82 Å². The Morgan fingerprint density at radius 3 is 2.71 bits per heavy atom. The van der Waals surface area contributed by atoms with Gasteiger partial charge in [0.25, 0.3) is 0 Å². The number of hydrogen-bond donors (Lipinski definition) is 1. The maximum Gasteiger partial charge on any atom is 0.165 e. The molecule has 0 aliphatic heterocycles. The number of methoxy groups -OCH3 is 1. The monoisotopic (exact) mass is 233 g/mol. The van der Waals surface area contributed by atoms with E-state index in [4.69, 9.17) is 10.5 Å². The first-order valence-electron chi connectivity index (χ1n) is 5.05. The Hall–Kier alpha value is -2.17. The van der Waals surface area contributed by atoms with Crippen molar-refractivity contribution >= 4 is 5.82 Å². The van der Waals surface area contributed by atoms with E-state index in [9.17, 15) is 4.39 Å². The minimum absolute atomic E-state index is 0.189. The maximum atomic E-state index is 13.5. The van der Waals surface area contributed by atoms with Crippen molar-refractivity contribution in [2.75, 3.05) is 12.8 Å². The summed E-state index contributed by atoms with van der Waals surface area (Å²) in [4.78, 5) is 8.21. The van der Waals surface area contributed by atoms with Gasteiger partial charge in [-0.3, -0.25) is 0 Å². The number of ether oxygens (including phenoxy) is 1. The van der Waals surface area contributed by atoms with Gasteiger partial charge in [-0.1, -0.05) is 0 Å². The topological polar surface area (TPSA) is 61.0 Å². The number of rotatable bonds is 2. The zero-order valence-corrected chi connectivity index (χ0v) is 9.57. The Balaban J connectivity index is 2.46. The van der Waals surface area contributed by atoms with Gasteiger partial charge in [-0.05, 0) is 25.1 Å². The Bertz CT molecular complexity index is 557. The standard InChI is InChI=1S/C12H12FN3O/c1-7-6-15-12(16-11(7)14)8-3-4-10(17-2)9(13)5-8/h3-6H,1-2H3,(H2,14,15,16). The first kappa shape index (κ1) is 11.3. The smallest absolute Gasteiger partial charge is 0.165 e. The molecule has 17 heavy (non-hydrogen) atoms. The van der Waals surface area contributed by atoms with Crippen LogP contribution in [0, 0.1) is 12.7 Å². The lowest BCUT2D eigenvalue weighted by Gasteiger charge is -2.05. The number of benzene rings is 1. The predicted molar refractivity (Wildman–Crippen MR) is 63.1 cm³/mol. The van der Waals surface area contributed by atoms with Crippen LogP contribution in [-0.2, 0) is 0 Å². The molecule has 0 atom stereocenters. The van der Waals surface area contributed by atoms with Crippen molar-refractivity contribution in [3.05, 3.63) is 35.8 Å². The molecule has 0 saturated carbocycles. The summed E-state index contributed by atoms with van der Waals surface area (Å²) in [6.07, 6.45) is 1.61. The normalized spacial score (nSPS) is 10.3. The second-order valence-electron chi connectivity index (χ2n) is 3.61. The number of nitrogen functional groups attached to an aromatic ring is 1. The zero-order chi connectivity index (χ0) is 12.4. The summed E-state index contributed by atoms with van der Waals surface area (Å²) < 4.78 is 18.3. The van der Waals surface area contributed by atoms with E-state index >= 15 is 0 Å². The first-order chi connectivity index (χ1) is 8.11. The molecule has 0 spiro atoms. The summed E-state index contributed by atoms with van der Waals surface area (Å²) >= 11 is 0. The van der Waals surface area contributed by atoms with Gasteiger partial charge in [-0.25, -0.2) is 14.4 Å². The molecule has 0 unspecified atom stereocenters. The van der Waals surface area contributed by atoms with Crippen LogP contribution in [0.4, 0.5) is 10.2 Å². The fraction of sp³-hybridized carbons (Fsp3) is 0.167. The van der Waals surface area contributed by atoms with E-state index in [0.717, 1.165) is 5.56 Å². The molecule has 4 nitrogen and oxygen atoms in total. The summed E-state index contributed by atoms with van der Waals surface area (Å²) in [6.45, 7) is 1.81. The molecule has 0 radical (unpaired) electrons. The number of nitrogens with zero attached hydrogens (tertiary/aromatic N) is 2. The van der Waals surface area contributed by atoms with E-state index in [2.05, 4.69) is 9.97 Å². The third-order valence-corrected chi connectivity index (χ3v) is 2.42. The molecule has 0 aliphatic carbocycles. The number of hydrogen-bond acceptors (Lipinski definition) is 4. The largest absolute Gasteiger partial charge is 0.494 e. The second-order valence-corrected chi connectivity index (χ2v) is 3.61. The van der Waals surface area contributed by atoms with Crippen LogP contribution in [0.2, 0.25) is 0 Å². The number of anilines is 1. The molecule has 5 heteroatoms. The highest BCUT2D eigenvalue weighted by atomic mass is 19.1. The van der Waals surface area contributed by atoms with Crippen LogP contribution >= 0.6 is 0 Å². The van der Waals surface area contributed by atoms with Crippen molar-refractivity contribution in [3.63, 3.8) is 0 Å². The quantitative estimate of drug-likeness (QED) is 0.863. The van der Waals surface area contributed by atoms with Crippen LogP contribution in [0.25, 0.3) is 11.4 Å². The van der Waals surface area contributed by atoms with E-state index in [-0.39, 0.29) is 5.75 Å². The summed E-state index contributed by atoms with van der Waals surface area (Å²) in [5.41, 5.74) is 7.04. The number of aromatic nitrogens is 2. The van der Waals surface area contributed by atoms with Gasteiger partial charge < -0.3 is 10.5 Å².